The van der Waals surface area contributed by atoms with Gasteiger partial charge in [0, 0.05) is 43.8 Å². The van der Waals surface area contributed by atoms with Crippen molar-refractivity contribution in [1.82, 2.24) is 14.5 Å². The summed E-state index contributed by atoms with van der Waals surface area (Å²) in [6, 6.07) is 6.45. The van der Waals surface area contributed by atoms with Gasteiger partial charge < -0.3 is 4.90 Å². The average molecular weight is 360 g/mol. The van der Waals surface area contributed by atoms with E-state index in [9.17, 15) is 8.42 Å². The number of likely N-dealkylation sites (N-methyl/N-ethyl adjacent to an activating group) is 1. The number of sulfonamides is 1. The molecule has 1 aliphatic heterocycles. The molecule has 7 heteroatoms. The minimum absolute atomic E-state index is 0.200. The maximum atomic E-state index is 12.4. The summed E-state index contributed by atoms with van der Waals surface area (Å²) in [5, 5.41) is 0.529. The summed E-state index contributed by atoms with van der Waals surface area (Å²) in [6.07, 6.45) is 0. The van der Waals surface area contributed by atoms with Crippen LogP contribution in [0.15, 0.2) is 29.2 Å². The standard InChI is InChI=1S/C16H26ClN3O2S/c1-13(2)16(20-10-8-19(3)9-11-20)12-18-23(21,22)15-6-4-14(17)5-7-15/h4-7,13,16,18H,8-12H2,1-3H3. The quantitative estimate of drug-likeness (QED) is 0.842. The van der Waals surface area contributed by atoms with Crippen LogP contribution < -0.4 is 4.72 Å². The van der Waals surface area contributed by atoms with Gasteiger partial charge in [-0.05, 0) is 37.2 Å². The molecule has 0 spiro atoms. The minimum atomic E-state index is -3.50. The molecule has 1 N–H and O–H groups in total. The van der Waals surface area contributed by atoms with Crippen molar-refractivity contribution in [2.75, 3.05) is 39.8 Å². The van der Waals surface area contributed by atoms with Gasteiger partial charge in [0.05, 0.1) is 4.90 Å². The Morgan fingerprint density at radius 3 is 2.22 bits per heavy atom. The van der Waals surface area contributed by atoms with Gasteiger partial charge in [-0.3, -0.25) is 4.90 Å². The number of benzene rings is 1. The van der Waals surface area contributed by atoms with Crippen LogP contribution in [0.3, 0.4) is 0 Å². The number of nitrogens with one attached hydrogen (secondary N) is 1. The van der Waals surface area contributed by atoms with E-state index in [4.69, 9.17) is 11.6 Å². The Kier molecular flexibility index (Phi) is 6.45. The van der Waals surface area contributed by atoms with Gasteiger partial charge in [-0.15, -0.1) is 0 Å². The van der Waals surface area contributed by atoms with E-state index >= 15 is 0 Å². The maximum Gasteiger partial charge on any atom is 0.240 e. The molecule has 0 aromatic heterocycles. The lowest BCUT2D eigenvalue weighted by Gasteiger charge is -2.39. The van der Waals surface area contributed by atoms with Crippen molar-refractivity contribution >= 4 is 21.6 Å². The first-order chi connectivity index (χ1) is 10.8. The Bertz CT molecular complexity index is 596. The van der Waals surface area contributed by atoms with Crippen LogP contribution in [0, 0.1) is 5.92 Å². The molecular weight excluding hydrogens is 334 g/mol. The van der Waals surface area contributed by atoms with E-state index in [0.29, 0.717) is 17.5 Å². The van der Waals surface area contributed by atoms with Crippen molar-refractivity contribution in [2.45, 2.75) is 24.8 Å². The molecule has 1 aromatic carbocycles. The lowest BCUT2D eigenvalue weighted by Crippen LogP contribution is -2.54. The first-order valence-electron chi connectivity index (χ1n) is 7.97. The summed E-state index contributed by atoms with van der Waals surface area (Å²) in [7, 11) is -1.38. The van der Waals surface area contributed by atoms with E-state index in [0.717, 1.165) is 26.2 Å². The highest BCUT2D eigenvalue weighted by Gasteiger charge is 2.26. The van der Waals surface area contributed by atoms with Gasteiger partial charge in [-0.25, -0.2) is 13.1 Å². The van der Waals surface area contributed by atoms with Gasteiger partial charge in [-0.1, -0.05) is 25.4 Å². The lowest BCUT2D eigenvalue weighted by atomic mass is 10.0. The molecule has 23 heavy (non-hydrogen) atoms. The Labute approximate surface area is 144 Å². The van der Waals surface area contributed by atoms with E-state index in [1.165, 1.54) is 12.1 Å². The second kappa shape index (κ2) is 7.94. The summed E-state index contributed by atoms with van der Waals surface area (Å²) < 4.78 is 27.6. The molecule has 2 rings (SSSR count). The van der Waals surface area contributed by atoms with E-state index in [1.54, 1.807) is 12.1 Å². The molecule has 1 aromatic rings. The van der Waals surface area contributed by atoms with Crippen molar-refractivity contribution < 1.29 is 8.42 Å². The SMILES string of the molecule is CC(C)C(CNS(=O)(=O)c1ccc(Cl)cc1)N1CCN(C)CC1. The highest BCUT2D eigenvalue weighted by molar-refractivity contribution is 7.89. The molecule has 1 atom stereocenters. The third-order valence-electron chi connectivity index (χ3n) is 4.38. The Morgan fingerprint density at radius 2 is 1.70 bits per heavy atom. The second-order valence-electron chi connectivity index (χ2n) is 6.46. The van der Waals surface area contributed by atoms with Gasteiger partial charge in [0.25, 0.3) is 0 Å². The van der Waals surface area contributed by atoms with Crippen LogP contribution in [-0.4, -0.2) is 64.0 Å². The Hall–Kier alpha value is -0.660. The van der Waals surface area contributed by atoms with Crippen LogP contribution in [-0.2, 0) is 10.0 Å². The molecule has 1 heterocycles. The summed E-state index contributed by atoms with van der Waals surface area (Å²) in [4.78, 5) is 4.93. The average Bonchev–Trinajstić information content (AvgIpc) is 2.49. The molecule has 130 valence electrons. The molecule has 0 amide bonds. The highest BCUT2D eigenvalue weighted by atomic mass is 35.5. The summed E-state index contributed by atoms with van der Waals surface area (Å²) in [5.41, 5.74) is 0. The number of piperazine rings is 1. The van der Waals surface area contributed by atoms with Gasteiger partial charge >= 0.3 is 0 Å². The third kappa shape index (κ3) is 5.16. The summed E-state index contributed by atoms with van der Waals surface area (Å²) in [5.74, 6) is 0.381. The van der Waals surface area contributed by atoms with E-state index in [1.807, 2.05) is 0 Å². The maximum absolute atomic E-state index is 12.4. The van der Waals surface area contributed by atoms with Crippen LogP contribution in [0.4, 0.5) is 0 Å². The van der Waals surface area contributed by atoms with Gasteiger partial charge in [-0.2, -0.15) is 0 Å². The minimum Gasteiger partial charge on any atom is -0.304 e. The van der Waals surface area contributed by atoms with Crippen LogP contribution in [0.25, 0.3) is 0 Å². The third-order valence-corrected chi connectivity index (χ3v) is 6.07. The van der Waals surface area contributed by atoms with Crippen LogP contribution >= 0.6 is 11.6 Å². The molecular formula is C16H26ClN3O2S. The summed E-state index contributed by atoms with van der Waals surface area (Å²) in [6.45, 7) is 8.69. The molecule has 0 aliphatic carbocycles. The van der Waals surface area contributed by atoms with E-state index < -0.39 is 10.0 Å². The van der Waals surface area contributed by atoms with Crippen molar-refractivity contribution in [3.63, 3.8) is 0 Å². The normalized spacial score (nSPS) is 19.2. The van der Waals surface area contributed by atoms with Crippen LogP contribution in [0.5, 0.6) is 0 Å². The molecule has 1 fully saturated rings. The van der Waals surface area contributed by atoms with Crippen LogP contribution in [0.1, 0.15) is 13.8 Å². The second-order valence-corrected chi connectivity index (χ2v) is 8.66. The zero-order chi connectivity index (χ0) is 17.0. The fourth-order valence-electron chi connectivity index (χ4n) is 2.83. The zero-order valence-corrected chi connectivity index (χ0v) is 15.6. The monoisotopic (exact) mass is 359 g/mol. The van der Waals surface area contributed by atoms with E-state index in [-0.39, 0.29) is 10.9 Å². The molecule has 1 saturated heterocycles. The Morgan fingerprint density at radius 1 is 1.13 bits per heavy atom. The molecule has 0 radical (unpaired) electrons. The topological polar surface area (TPSA) is 52.7 Å². The van der Waals surface area contributed by atoms with Crippen molar-refractivity contribution in [1.29, 1.82) is 0 Å². The first kappa shape index (κ1) is 18.7. The van der Waals surface area contributed by atoms with Crippen LogP contribution in [0.2, 0.25) is 5.02 Å². The first-order valence-corrected chi connectivity index (χ1v) is 9.83. The van der Waals surface area contributed by atoms with Crippen molar-refractivity contribution in [3.8, 4) is 0 Å². The van der Waals surface area contributed by atoms with Crippen molar-refractivity contribution in [3.05, 3.63) is 29.3 Å². The van der Waals surface area contributed by atoms with Gasteiger partial charge in [0.1, 0.15) is 0 Å². The molecule has 0 bridgehead atoms. The van der Waals surface area contributed by atoms with Gasteiger partial charge in [0.2, 0.25) is 10.0 Å². The van der Waals surface area contributed by atoms with Gasteiger partial charge in [0.15, 0.2) is 0 Å². The van der Waals surface area contributed by atoms with E-state index in [2.05, 4.69) is 35.4 Å². The van der Waals surface area contributed by atoms with Crippen molar-refractivity contribution in [2.24, 2.45) is 5.92 Å². The molecule has 5 nitrogen and oxygen atoms in total. The zero-order valence-electron chi connectivity index (χ0n) is 14.0. The smallest absolute Gasteiger partial charge is 0.240 e. The number of nitrogens with zero attached hydrogens (tertiary/aromatic N) is 2. The lowest BCUT2D eigenvalue weighted by molar-refractivity contribution is 0.0905. The number of hydrogen-bond donors (Lipinski definition) is 1. The fraction of sp³-hybridized carbons (Fsp3) is 0.625. The molecule has 1 aliphatic rings. The largest absolute Gasteiger partial charge is 0.304 e. The number of hydrogen-bond acceptors (Lipinski definition) is 4. The Balaban J connectivity index is 2.02. The predicted molar refractivity (Wildman–Crippen MR) is 94.3 cm³/mol. The highest BCUT2D eigenvalue weighted by Crippen LogP contribution is 2.16. The number of rotatable bonds is 6. The molecule has 0 saturated carbocycles. The number of halogens is 1. The predicted octanol–water partition coefficient (Wildman–Crippen LogP) is 1.89. The molecule has 1 unspecified atom stereocenters. The summed E-state index contributed by atoms with van der Waals surface area (Å²) >= 11 is 5.82. The fourth-order valence-corrected chi connectivity index (χ4v) is 4.01.